The maximum Gasteiger partial charge on any atom is 0.184 e. The number of nitrogens with zero attached hydrogens (tertiary/aromatic N) is 1. The zero-order valence-electron chi connectivity index (χ0n) is 7.22. The summed E-state index contributed by atoms with van der Waals surface area (Å²) in [5.74, 6) is 0. The molecule has 1 saturated carbocycles. The maximum absolute atomic E-state index is 5.55. The molecule has 13 heavy (non-hydrogen) atoms. The fraction of sp³-hybridized carbons (Fsp3) is 0.625. The third-order valence-corrected chi connectivity index (χ3v) is 4.20. The lowest BCUT2D eigenvalue weighted by Gasteiger charge is -2.25. The molecular formula is C8H12BrN3S. The molecule has 2 rings (SSSR count). The molecule has 0 radical (unpaired) electrons. The van der Waals surface area contributed by atoms with Gasteiger partial charge in [-0.15, -0.1) is 0 Å². The molecule has 1 aromatic rings. The maximum atomic E-state index is 5.55. The lowest BCUT2D eigenvalue weighted by Crippen LogP contribution is -2.26. The van der Waals surface area contributed by atoms with E-state index in [1.807, 2.05) is 0 Å². The van der Waals surface area contributed by atoms with Crippen molar-refractivity contribution < 1.29 is 0 Å². The Morgan fingerprint density at radius 2 is 2.38 bits per heavy atom. The molecule has 5 heteroatoms. The van der Waals surface area contributed by atoms with Gasteiger partial charge in [0, 0.05) is 12.6 Å². The van der Waals surface area contributed by atoms with Crippen molar-refractivity contribution in [1.82, 2.24) is 4.98 Å². The van der Waals surface area contributed by atoms with Gasteiger partial charge >= 0.3 is 0 Å². The van der Waals surface area contributed by atoms with Crippen LogP contribution in [-0.2, 0) is 6.54 Å². The summed E-state index contributed by atoms with van der Waals surface area (Å²) in [5, 5.41) is 4.39. The first-order valence-electron chi connectivity index (χ1n) is 4.41. The third-order valence-electron chi connectivity index (χ3n) is 2.27. The van der Waals surface area contributed by atoms with Crippen LogP contribution in [0, 0.1) is 0 Å². The van der Waals surface area contributed by atoms with Crippen LogP contribution >= 0.6 is 27.3 Å². The van der Waals surface area contributed by atoms with Crippen LogP contribution in [-0.4, -0.2) is 11.0 Å². The number of anilines is 1. The Morgan fingerprint density at radius 1 is 1.62 bits per heavy atom. The summed E-state index contributed by atoms with van der Waals surface area (Å²) < 4.78 is 0.891. The minimum atomic E-state index is 0.560. The zero-order chi connectivity index (χ0) is 9.26. The molecule has 0 spiro atoms. The first-order valence-corrected chi connectivity index (χ1v) is 6.02. The molecule has 0 aliphatic heterocycles. The molecular weight excluding hydrogens is 250 g/mol. The van der Waals surface area contributed by atoms with Crippen LogP contribution in [0.4, 0.5) is 5.13 Å². The van der Waals surface area contributed by atoms with Crippen LogP contribution in [0.15, 0.2) is 4.60 Å². The Bertz CT molecular complexity index is 296. The van der Waals surface area contributed by atoms with Crippen molar-refractivity contribution in [2.24, 2.45) is 5.73 Å². The quantitative estimate of drug-likeness (QED) is 0.879. The number of nitrogens with one attached hydrogen (secondary N) is 1. The molecule has 3 N–H and O–H groups in total. The Labute approximate surface area is 89.9 Å². The van der Waals surface area contributed by atoms with E-state index in [0.29, 0.717) is 12.6 Å². The Kier molecular flexibility index (Phi) is 2.86. The molecule has 0 unspecified atom stereocenters. The highest BCUT2D eigenvalue weighted by Crippen LogP contribution is 2.30. The number of halogens is 1. The van der Waals surface area contributed by atoms with Crippen molar-refractivity contribution in [3.63, 3.8) is 0 Å². The summed E-state index contributed by atoms with van der Waals surface area (Å²) in [5.41, 5.74) is 5.55. The van der Waals surface area contributed by atoms with Crippen LogP contribution in [0.5, 0.6) is 0 Å². The Balaban J connectivity index is 2.03. The standard InChI is InChI=1S/C8H12BrN3S/c9-7-6(4-10)13-8(12-7)11-5-2-1-3-5/h5H,1-4,10H2,(H,11,12). The second kappa shape index (κ2) is 3.94. The lowest BCUT2D eigenvalue weighted by atomic mass is 9.93. The van der Waals surface area contributed by atoms with E-state index < -0.39 is 0 Å². The van der Waals surface area contributed by atoms with Gasteiger partial charge in [-0.1, -0.05) is 11.3 Å². The number of hydrogen-bond acceptors (Lipinski definition) is 4. The summed E-state index contributed by atoms with van der Waals surface area (Å²) in [7, 11) is 0. The molecule has 0 amide bonds. The van der Waals surface area contributed by atoms with Crippen LogP contribution < -0.4 is 11.1 Å². The summed E-state index contributed by atoms with van der Waals surface area (Å²) in [6.07, 6.45) is 3.89. The fourth-order valence-corrected chi connectivity index (χ4v) is 2.76. The molecule has 1 aromatic heterocycles. The van der Waals surface area contributed by atoms with Crippen LogP contribution in [0.1, 0.15) is 24.1 Å². The van der Waals surface area contributed by atoms with Gasteiger partial charge in [-0.2, -0.15) is 0 Å². The van der Waals surface area contributed by atoms with Gasteiger partial charge < -0.3 is 11.1 Å². The summed E-state index contributed by atoms with van der Waals surface area (Å²) in [6.45, 7) is 0.560. The summed E-state index contributed by atoms with van der Waals surface area (Å²) >= 11 is 5.03. The van der Waals surface area contributed by atoms with Crippen LogP contribution in [0.3, 0.4) is 0 Å². The van der Waals surface area contributed by atoms with Gasteiger partial charge in [0.15, 0.2) is 5.13 Å². The van der Waals surface area contributed by atoms with E-state index in [0.717, 1.165) is 14.6 Å². The molecule has 1 aliphatic rings. The van der Waals surface area contributed by atoms with E-state index in [2.05, 4.69) is 26.2 Å². The highest BCUT2D eigenvalue weighted by molar-refractivity contribution is 9.10. The van der Waals surface area contributed by atoms with Crippen molar-refractivity contribution in [1.29, 1.82) is 0 Å². The largest absolute Gasteiger partial charge is 0.359 e. The smallest absolute Gasteiger partial charge is 0.184 e. The normalized spacial score (nSPS) is 17.1. The molecule has 1 fully saturated rings. The van der Waals surface area contributed by atoms with E-state index in [4.69, 9.17) is 5.73 Å². The fourth-order valence-electron chi connectivity index (χ4n) is 1.25. The first kappa shape index (κ1) is 9.43. The molecule has 1 aliphatic carbocycles. The average molecular weight is 262 g/mol. The van der Waals surface area contributed by atoms with Crippen molar-refractivity contribution in [3.05, 3.63) is 9.48 Å². The Morgan fingerprint density at radius 3 is 2.85 bits per heavy atom. The van der Waals surface area contributed by atoms with Crippen molar-refractivity contribution in [2.75, 3.05) is 5.32 Å². The third kappa shape index (κ3) is 2.03. The SMILES string of the molecule is NCc1sc(NC2CCC2)nc1Br. The van der Waals surface area contributed by atoms with Crippen LogP contribution in [0.25, 0.3) is 0 Å². The predicted molar refractivity (Wildman–Crippen MR) is 59.0 cm³/mol. The molecule has 0 bridgehead atoms. The van der Waals surface area contributed by atoms with Crippen molar-refractivity contribution in [3.8, 4) is 0 Å². The second-order valence-corrected chi connectivity index (χ2v) is 5.04. The summed E-state index contributed by atoms with van der Waals surface area (Å²) in [6, 6.07) is 0.642. The van der Waals surface area contributed by atoms with E-state index >= 15 is 0 Å². The highest BCUT2D eigenvalue weighted by Gasteiger charge is 2.18. The van der Waals surface area contributed by atoms with E-state index in [1.165, 1.54) is 19.3 Å². The van der Waals surface area contributed by atoms with E-state index in [9.17, 15) is 0 Å². The number of rotatable bonds is 3. The number of hydrogen-bond donors (Lipinski definition) is 2. The minimum Gasteiger partial charge on any atom is -0.359 e. The van der Waals surface area contributed by atoms with Gasteiger partial charge in [-0.25, -0.2) is 4.98 Å². The van der Waals surface area contributed by atoms with Gasteiger partial charge in [0.1, 0.15) is 4.60 Å². The lowest BCUT2D eigenvalue weighted by molar-refractivity contribution is 0.445. The van der Waals surface area contributed by atoms with Crippen molar-refractivity contribution in [2.45, 2.75) is 31.8 Å². The van der Waals surface area contributed by atoms with Crippen LogP contribution in [0.2, 0.25) is 0 Å². The predicted octanol–water partition coefficient (Wildman–Crippen LogP) is 2.33. The number of aromatic nitrogens is 1. The molecule has 0 atom stereocenters. The number of thiazole rings is 1. The van der Waals surface area contributed by atoms with E-state index in [1.54, 1.807) is 11.3 Å². The van der Waals surface area contributed by atoms with Gasteiger partial charge in [-0.05, 0) is 35.2 Å². The molecule has 1 heterocycles. The molecule has 0 aromatic carbocycles. The molecule has 3 nitrogen and oxygen atoms in total. The minimum absolute atomic E-state index is 0.560. The van der Waals surface area contributed by atoms with Crippen molar-refractivity contribution >= 4 is 32.4 Å². The molecule has 72 valence electrons. The number of nitrogens with two attached hydrogens (primary N) is 1. The van der Waals surface area contributed by atoms with Gasteiger partial charge in [-0.3, -0.25) is 0 Å². The topological polar surface area (TPSA) is 50.9 Å². The molecule has 0 saturated heterocycles. The monoisotopic (exact) mass is 261 g/mol. The van der Waals surface area contributed by atoms with Gasteiger partial charge in [0.05, 0.1) is 4.88 Å². The van der Waals surface area contributed by atoms with Gasteiger partial charge in [0.25, 0.3) is 0 Å². The summed E-state index contributed by atoms with van der Waals surface area (Å²) in [4.78, 5) is 5.46. The average Bonchev–Trinajstić information content (AvgIpc) is 2.39. The highest BCUT2D eigenvalue weighted by atomic mass is 79.9. The zero-order valence-corrected chi connectivity index (χ0v) is 9.62. The van der Waals surface area contributed by atoms with Gasteiger partial charge in [0.2, 0.25) is 0 Å². The first-order chi connectivity index (χ1) is 6.29. The Hall–Kier alpha value is -0.130. The second-order valence-electron chi connectivity index (χ2n) is 3.21. The van der Waals surface area contributed by atoms with E-state index in [-0.39, 0.29) is 0 Å².